The van der Waals surface area contributed by atoms with Gasteiger partial charge in [0.15, 0.2) is 0 Å². The van der Waals surface area contributed by atoms with Crippen LogP contribution in [0.15, 0.2) is 60.9 Å². The smallest absolute Gasteiger partial charge is 0.224 e. The molecule has 28 heavy (non-hydrogen) atoms. The Morgan fingerprint density at radius 3 is 2.64 bits per heavy atom. The number of halogens is 1. The lowest BCUT2D eigenvalue weighted by atomic mass is 10.2. The zero-order chi connectivity index (χ0) is 19.7. The summed E-state index contributed by atoms with van der Waals surface area (Å²) < 4.78 is 3.89. The molecule has 0 fully saturated rings. The number of imidazole rings is 1. The van der Waals surface area contributed by atoms with E-state index in [2.05, 4.69) is 9.67 Å². The van der Waals surface area contributed by atoms with Gasteiger partial charge >= 0.3 is 0 Å². The zero-order valence-electron chi connectivity index (χ0n) is 15.7. The topological polar surface area (TPSA) is 56.0 Å². The molecular formula is C21H20ClN5O. The summed E-state index contributed by atoms with van der Waals surface area (Å²) in [4.78, 5) is 18.8. The molecule has 0 aliphatic heterocycles. The lowest BCUT2D eigenvalue weighted by Gasteiger charge is -2.21. The Morgan fingerprint density at radius 2 is 1.96 bits per heavy atom. The molecule has 0 saturated carbocycles. The molecular weight excluding hydrogens is 374 g/mol. The average molecular weight is 394 g/mol. The normalized spacial score (nSPS) is 11.1. The van der Waals surface area contributed by atoms with E-state index in [9.17, 15) is 4.79 Å². The summed E-state index contributed by atoms with van der Waals surface area (Å²) >= 11 is 5.96. The van der Waals surface area contributed by atoms with Crippen LogP contribution in [0.4, 0.5) is 5.69 Å². The van der Waals surface area contributed by atoms with Gasteiger partial charge in [-0.15, -0.1) is 0 Å². The van der Waals surface area contributed by atoms with Gasteiger partial charge in [-0.3, -0.25) is 9.48 Å². The maximum absolute atomic E-state index is 12.3. The molecule has 0 spiro atoms. The molecule has 142 valence electrons. The average Bonchev–Trinajstić information content (AvgIpc) is 3.29. The van der Waals surface area contributed by atoms with Crippen LogP contribution in [-0.2, 0) is 24.9 Å². The second-order valence-electron chi connectivity index (χ2n) is 6.70. The third-order valence-corrected chi connectivity index (χ3v) is 5.02. The Kier molecular flexibility index (Phi) is 4.88. The molecule has 2 aromatic carbocycles. The van der Waals surface area contributed by atoms with Crippen molar-refractivity contribution >= 4 is 34.2 Å². The summed E-state index contributed by atoms with van der Waals surface area (Å²) in [6.07, 6.45) is 3.66. The van der Waals surface area contributed by atoms with Crippen molar-refractivity contribution in [3.63, 3.8) is 0 Å². The molecule has 0 N–H and O–H groups in total. The number of carbonyl (C=O) groups excluding carboxylic acids is 1. The summed E-state index contributed by atoms with van der Waals surface area (Å²) in [5, 5.41) is 4.92. The molecule has 0 aliphatic rings. The van der Waals surface area contributed by atoms with Gasteiger partial charge in [-0.1, -0.05) is 23.7 Å². The number of rotatable bonds is 5. The monoisotopic (exact) mass is 393 g/mol. The summed E-state index contributed by atoms with van der Waals surface area (Å²) in [6.45, 7) is 2.64. The maximum Gasteiger partial charge on any atom is 0.224 e. The van der Waals surface area contributed by atoms with E-state index in [4.69, 9.17) is 16.6 Å². The van der Waals surface area contributed by atoms with Gasteiger partial charge in [0.2, 0.25) is 5.91 Å². The number of benzene rings is 2. The molecule has 4 aromatic rings. The third-order valence-electron chi connectivity index (χ3n) is 4.77. The number of aromatic nitrogens is 4. The number of aryl methyl sites for hydroxylation is 1. The number of fused-ring (bicyclic) bond motifs is 1. The van der Waals surface area contributed by atoms with Crippen molar-refractivity contribution < 1.29 is 4.79 Å². The summed E-state index contributed by atoms with van der Waals surface area (Å²) in [5.74, 6) is 0.880. The molecule has 0 aliphatic carbocycles. The van der Waals surface area contributed by atoms with Crippen molar-refractivity contribution in [3.8, 4) is 0 Å². The van der Waals surface area contributed by atoms with E-state index < -0.39 is 0 Å². The predicted molar refractivity (Wildman–Crippen MR) is 110 cm³/mol. The van der Waals surface area contributed by atoms with Gasteiger partial charge in [0.1, 0.15) is 5.82 Å². The van der Waals surface area contributed by atoms with Gasteiger partial charge in [-0.05, 0) is 42.0 Å². The molecule has 4 rings (SSSR count). The molecule has 0 saturated heterocycles. The van der Waals surface area contributed by atoms with Crippen molar-refractivity contribution in [2.24, 2.45) is 7.05 Å². The van der Waals surface area contributed by atoms with Gasteiger partial charge in [0, 0.05) is 37.1 Å². The lowest BCUT2D eigenvalue weighted by Crippen LogP contribution is -2.27. The third kappa shape index (κ3) is 3.64. The van der Waals surface area contributed by atoms with Crippen molar-refractivity contribution in [2.45, 2.75) is 20.0 Å². The van der Waals surface area contributed by atoms with E-state index in [1.165, 1.54) is 0 Å². The SMILES string of the molecule is CC(=O)N(Cc1ccc(Cl)cc1)c1ccc2c(c1)nc(Cn1cccn1)n2C. The van der Waals surface area contributed by atoms with E-state index in [1.54, 1.807) is 18.0 Å². The fourth-order valence-electron chi connectivity index (χ4n) is 3.24. The zero-order valence-corrected chi connectivity index (χ0v) is 16.5. The van der Waals surface area contributed by atoms with Crippen LogP contribution in [0.2, 0.25) is 5.02 Å². The standard InChI is InChI=1S/C21H20ClN5O/c1-15(28)27(13-16-4-6-17(22)7-5-16)18-8-9-20-19(12-18)24-21(25(20)2)14-26-11-3-10-23-26/h3-12H,13-14H2,1-2H3. The predicted octanol–water partition coefficient (Wildman–Crippen LogP) is 4.02. The molecule has 2 heterocycles. The highest BCUT2D eigenvalue weighted by molar-refractivity contribution is 6.30. The van der Waals surface area contributed by atoms with Crippen LogP contribution in [0.25, 0.3) is 11.0 Å². The molecule has 0 bridgehead atoms. The van der Waals surface area contributed by atoms with Crippen molar-refractivity contribution in [3.05, 3.63) is 77.3 Å². The molecule has 7 heteroatoms. The molecule has 0 atom stereocenters. The fourth-order valence-corrected chi connectivity index (χ4v) is 3.37. The highest BCUT2D eigenvalue weighted by Gasteiger charge is 2.15. The Labute approximate surface area is 168 Å². The molecule has 6 nitrogen and oxygen atoms in total. The summed E-state index contributed by atoms with van der Waals surface area (Å²) in [6, 6.07) is 15.3. The summed E-state index contributed by atoms with van der Waals surface area (Å²) in [5.41, 5.74) is 3.70. The van der Waals surface area contributed by atoms with Gasteiger partial charge in [0.25, 0.3) is 0 Å². The second kappa shape index (κ2) is 7.48. The number of carbonyl (C=O) groups is 1. The van der Waals surface area contributed by atoms with Gasteiger partial charge in [-0.25, -0.2) is 4.98 Å². The van der Waals surface area contributed by atoms with Crippen molar-refractivity contribution in [1.82, 2.24) is 19.3 Å². The van der Waals surface area contributed by atoms with E-state index in [1.807, 2.05) is 66.5 Å². The quantitative estimate of drug-likeness (QED) is 0.514. The Balaban J connectivity index is 1.66. The minimum absolute atomic E-state index is 0.0259. The van der Waals surface area contributed by atoms with Gasteiger partial charge in [0.05, 0.1) is 24.1 Å². The minimum atomic E-state index is -0.0259. The number of hydrogen-bond acceptors (Lipinski definition) is 3. The minimum Gasteiger partial charge on any atom is -0.330 e. The fraction of sp³-hybridized carbons (Fsp3) is 0.190. The van der Waals surface area contributed by atoms with Gasteiger partial charge < -0.3 is 9.47 Å². The van der Waals surface area contributed by atoms with E-state index in [0.29, 0.717) is 18.1 Å². The number of nitrogens with zero attached hydrogens (tertiary/aromatic N) is 5. The van der Waals surface area contributed by atoms with E-state index in [0.717, 1.165) is 28.1 Å². The molecule has 0 radical (unpaired) electrons. The van der Waals surface area contributed by atoms with Crippen LogP contribution in [0.3, 0.4) is 0 Å². The van der Waals surface area contributed by atoms with Crippen LogP contribution in [-0.4, -0.2) is 25.2 Å². The number of amides is 1. The Bertz CT molecular complexity index is 1120. The molecule has 2 aromatic heterocycles. The van der Waals surface area contributed by atoms with Crippen LogP contribution >= 0.6 is 11.6 Å². The first-order valence-corrected chi connectivity index (χ1v) is 9.34. The first-order chi connectivity index (χ1) is 13.5. The van der Waals surface area contributed by atoms with Crippen LogP contribution in [0.5, 0.6) is 0 Å². The highest BCUT2D eigenvalue weighted by atomic mass is 35.5. The van der Waals surface area contributed by atoms with Crippen molar-refractivity contribution in [2.75, 3.05) is 4.90 Å². The first-order valence-electron chi connectivity index (χ1n) is 8.96. The van der Waals surface area contributed by atoms with Crippen LogP contribution in [0, 0.1) is 0 Å². The Hall–Kier alpha value is -3.12. The number of hydrogen-bond donors (Lipinski definition) is 0. The summed E-state index contributed by atoms with van der Waals surface area (Å²) in [7, 11) is 1.99. The largest absolute Gasteiger partial charge is 0.330 e. The highest BCUT2D eigenvalue weighted by Crippen LogP contribution is 2.25. The van der Waals surface area contributed by atoms with E-state index in [-0.39, 0.29) is 5.91 Å². The molecule has 0 unspecified atom stereocenters. The van der Waals surface area contributed by atoms with E-state index >= 15 is 0 Å². The Morgan fingerprint density at radius 1 is 1.18 bits per heavy atom. The lowest BCUT2D eigenvalue weighted by molar-refractivity contribution is -0.116. The maximum atomic E-state index is 12.3. The van der Waals surface area contributed by atoms with Crippen molar-refractivity contribution in [1.29, 1.82) is 0 Å². The second-order valence-corrected chi connectivity index (χ2v) is 7.13. The van der Waals surface area contributed by atoms with Crippen LogP contribution in [0.1, 0.15) is 18.3 Å². The number of anilines is 1. The first kappa shape index (κ1) is 18.3. The molecule has 1 amide bonds. The van der Waals surface area contributed by atoms with Crippen LogP contribution < -0.4 is 4.90 Å². The van der Waals surface area contributed by atoms with Gasteiger partial charge in [-0.2, -0.15) is 5.10 Å².